The third-order valence-electron chi connectivity index (χ3n) is 7.29. The monoisotopic (exact) mass is 461 g/mol. The van der Waals surface area contributed by atoms with Crippen molar-refractivity contribution in [2.75, 3.05) is 51.3 Å². The van der Waals surface area contributed by atoms with Gasteiger partial charge in [0, 0.05) is 39.3 Å². The number of anilines is 1. The van der Waals surface area contributed by atoms with Crippen molar-refractivity contribution < 1.29 is 9.53 Å². The van der Waals surface area contributed by atoms with Crippen molar-refractivity contribution in [3.8, 4) is 5.75 Å². The van der Waals surface area contributed by atoms with Gasteiger partial charge in [0.1, 0.15) is 11.6 Å². The van der Waals surface area contributed by atoms with Gasteiger partial charge in [0.15, 0.2) is 0 Å². The van der Waals surface area contributed by atoms with Crippen LogP contribution in [0.5, 0.6) is 5.75 Å². The molecule has 180 valence electrons. The van der Waals surface area contributed by atoms with Crippen LogP contribution < -0.4 is 9.64 Å². The topological polar surface area (TPSA) is 53.8 Å². The van der Waals surface area contributed by atoms with Crippen LogP contribution in [0.1, 0.15) is 25.6 Å². The van der Waals surface area contributed by atoms with Crippen LogP contribution in [0.4, 0.5) is 5.69 Å². The van der Waals surface area contributed by atoms with Gasteiger partial charge in [0.2, 0.25) is 5.91 Å². The molecule has 3 heterocycles. The van der Waals surface area contributed by atoms with E-state index in [-0.39, 0.29) is 5.92 Å². The average Bonchev–Trinajstić information content (AvgIpc) is 3.25. The summed E-state index contributed by atoms with van der Waals surface area (Å²) in [6.07, 6.45) is 2.04. The summed E-state index contributed by atoms with van der Waals surface area (Å²) < 4.78 is 7.83. The summed E-state index contributed by atoms with van der Waals surface area (Å²) in [6, 6.07) is 16.5. The van der Waals surface area contributed by atoms with Crippen molar-refractivity contribution >= 4 is 22.6 Å². The maximum Gasteiger partial charge on any atom is 0.227 e. The molecule has 1 amide bonds. The number of benzene rings is 2. The first kappa shape index (κ1) is 22.7. The van der Waals surface area contributed by atoms with Crippen LogP contribution in [0, 0.1) is 5.92 Å². The number of hydrogen-bond acceptors (Lipinski definition) is 5. The SMILES string of the molecule is CCn1c(CN2CCC[C@H](C(=O)N3CCN(c4ccccc4OC)CC3)C2)nc2ccccc21. The molecule has 7 heteroatoms. The Hall–Kier alpha value is -3.06. The number of likely N-dealkylation sites (tertiary alicyclic amines) is 1. The smallest absolute Gasteiger partial charge is 0.227 e. The zero-order valence-corrected chi connectivity index (χ0v) is 20.3. The molecule has 0 aliphatic carbocycles. The van der Waals surface area contributed by atoms with E-state index in [1.165, 1.54) is 5.52 Å². The molecule has 7 nitrogen and oxygen atoms in total. The van der Waals surface area contributed by atoms with E-state index < -0.39 is 0 Å². The quantitative estimate of drug-likeness (QED) is 0.561. The van der Waals surface area contributed by atoms with E-state index in [2.05, 4.69) is 50.5 Å². The molecule has 5 rings (SSSR count). The van der Waals surface area contributed by atoms with E-state index in [9.17, 15) is 4.79 Å². The van der Waals surface area contributed by atoms with Crippen molar-refractivity contribution in [3.63, 3.8) is 0 Å². The van der Waals surface area contributed by atoms with Crippen LogP contribution >= 0.6 is 0 Å². The highest BCUT2D eigenvalue weighted by molar-refractivity contribution is 5.79. The minimum absolute atomic E-state index is 0.0750. The Balaban J connectivity index is 1.20. The van der Waals surface area contributed by atoms with Gasteiger partial charge in [-0.3, -0.25) is 9.69 Å². The van der Waals surface area contributed by atoms with Crippen LogP contribution in [0.2, 0.25) is 0 Å². The van der Waals surface area contributed by atoms with Crippen molar-refractivity contribution in [2.45, 2.75) is 32.9 Å². The minimum Gasteiger partial charge on any atom is -0.495 e. The Labute approximate surface area is 201 Å². The number of fused-ring (bicyclic) bond motifs is 1. The number of aryl methyl sites for hydroxylation is 1. The van der Waals surface area contributed by atoms with Gasteiger partial charge in [-0.1, -0.05) is 24.3 Å². The highest BCUT2D eigenvalue weighted by atomic mass is 16.5. The van der Waals surface area contributed by atoms with Crippen molar-refractivity contribution in [1.29, 1.82) is 0 Å². The molecular formula is C27H35N5O2. The van der Waals surface area contributed by atoms with Gasteiger partial charge in [-0.15, -0.1) is 0 Å². The molecule has 2 aromatic carbocycles. The van der Waals surface area contributed by atoms with E-state index in [0.717, 1.165) is 88.0 Å². The number of methoxy groups -OCH3 is 1. The number of para-hydroxylation sites is 4. The largest absolute Gasteiger partial charge is 0.495 e. The number of hydrogen-bond donors (Lipinski definition) is 0. The van der Waals surface area contributed by atoms with Crippen molar-refractivity contribution in [3.05, 3.63) is 54.4 Å². The average molecular weight is 462 g/mol. The van der Waals surface area contributed by atoms with Gasteiger partial charge >= 0.3 is 0 Å². The number of imidazole rings is 1. The first-order valence-electron chi connectivity index (χ1n) is 12.5. The minimum atomic E-state index is 0.0750. The fourth-order valence-electron chi connectivity index (χ4n) is 5.52. The molecule has 0 unspecified atom stereocenters. The van der Waals surface area contributed by atoms with Gasteiger partial charge in [0.25, 0.3) is 0 Å². The number of carbonyl (C=O) groups is 1. The lowest BCUT2D eigenvalue weighted by molar-refractivity contribution is -0.137. The molecule has 1 aromatic heterocycles. The summed E-state index contributed by atoms with van der Waals surface area (Å²) in [5.41, 5.74) is 3.36. The number of aromatic nitrogens is 2. The number of nitrogens with zero attached hydrogens (tertiary/aromatic N) is 5. The molecule has 34 heavy (non-hydrogen) atoms. The molecular weight excluding hydrogens is 426 g/mol. The number of piperidine rings is 1. The van der Waals surface area contributed by atoms with Crippen LogP contribution in [0.3, 0.4) is 0 Å². The van der Waals surface area contributed by atoms with Crippen LogP contribution in [-0.2, 0) is 17.9 Å². The van der Waals surface area contributed by atoms with Gasteiger partial charge < -0.3 is 19.1 Å². The molecule has 3 aromatic rings. The predicted molar refractivity (Wildman–Crippen MR) is 135 cm³/mol. The second-order valence-corrected chi connectivity index (χ2v) is 9.32. The van der Waals surface area contributed by atoms with Gasteiger partial charge in [-0.2, -0.15) is 0 Å². The molecule has 1 atom stereocenters. The van der Waals surface area contributed by atoms with Gasteiger partial charge in [0.05, 0.1) is 36.3 Å². The number of ether oxygens (including phenoxy) is 1. The lowest BCUT2D eigenvalue weighted by atomic mass is 9.96. The molecule has 2 fully saturated rings. The molecule has 0 radical (unpaired) electrons. The highest BCUT2D eigenvalue weighted by Gasteiger charge is 2.32. The van der Waals surface area contributed by atoms with Crippen LogP contribution in [-0.4, -0.2) is 71.6 Å². The summed E-state index contributed by atoms with van der Waals surface area (Å²) in [5, 5.41) is 0. The maximum absolute atomic E-state index is 13.4. The third kappa shape index (κ3) is 4.49. The number of amides is 1. The fraction of sp³-hybridized carbons (Fsp3) is 0.481. The standard InChI is InChI=1S/C27H35N5O2/c1-3-32-23-11-5-4-10-22(23)28-26(32)20-29-14-8-9-21(19-29)27(33)31-17-15-30(16-18-31)24-12-6-7-13-25(24)34-2/h4-7,10-13,21H,3,8-9,14-20H2,1-2H3/t21-/m0/s1. The summed E-state index contributed by atoms with van der Waals surface area (Å²) in [6.45, 7) is 8.92. The number of rotatable bonds is 6. The lowest BCUT2D eigenvalue weighted by Crippen LogP contribution is -2.52. The van der Waals surface area contributed by atoms with Crippen LogP contribution in [0.15, 0.2) is 48.5 Å². The lowest BCUT2D eigenvalue weighted by Gasteiger charge is -2.40. The second-order valence-electron chi connectivity index (χ2n) is 9.32. The zero-order valence-electron chi connectivity index (χ0n) is 20.3. The van der Waals surface area contributed by atoms with E-state index in [1.807, 2.05) is 24.3 Å². The summed E-state index contributed by atoms with van der Waals surface area (Å²) in [7, 11) is 1.71. The highest BCUT2D eigenvalue weighted by Crippen LogP contribution is 2.29. The predicted octanol–water partition coefficient (Wildman–Crippen LogP) is 3.63. The Morgan fingerprint density at radius 1 is 1.03 bits per heavy atom. The first-order valence-corrected chi connectivity index (χ1v) is 12.5. The van der Waals surface area contributed by atoms with E-state index in [4.69, 9.17) is 9.72 Å². The summed E-state index contributed by atoms with van der Waals surface area (Å²) >= 11 is 0. The Morgan fingerprint density at radius 3 is 2.59 bits per heavy atom. The number of piperazine rings is 1. The second kappa shape index (κ2) is 10.1. The van der Waals surface area contributed by atoms with Crippen molar-refractivity contribution in [1.82, 2.24) is 19.4 Å². The van der Waals surface area contributed by atoms with Crippen molar-refractivity contribution in [2.24, 2.45) is 5.92 Å². The molecule has 2 aliphatic heterocycles. The van der Waals surface area contributed by atoms with Gasteiger partial charge in [-0.25, -0.2) is 4.98 Å². The van der Waals surface area contributed by atoms with E-state index >= 15 is 0 Å². The maximum atomic E-state index is 13.4. The number of carbonyl (C=O) groups excluding carboxylic acids is 1. The zero-order chi connectivity index (χ0) is 23.5. The molecule has 2 aliphatic rings. The van der Waals surface area contributed by atoms with E-state index in [0.29, 0.717) is 5.91 Å². The fourth-order valence-corrected chi connectivity index (χ4v) is 5.52. The molecule has 0 spiro atoms. The summed E-state index contributed by atoms with van der Waals surface area (Å²) in [4.78, 5) is 25.1. The first-order chi connectivity index (χ1) is 16.7. The normalized spacial score (nSPS) is 19.5. The Morgan fingerprint density at radius 2 is 1.79 bits per heavy atom. The Bertz CT molecular complexity index is 1140. The Kier molecular flexibility index (Phi) is 6.72. The van der Waals surface area contributed by atoms with Gasteiger partial charge in [-0.05, 0) is 50.6 Å². The summed E-state index contributed by atoms with van der Waals surface area (Å²) in [5.74, 6) is 2.38. The molecule has 0 saturated carbocycles. The molecule has 2 saturated heterocycles. The molecule has 0 bridgehead atoms. The molecule has 0 N–H and O–H groups in total. The van der Waals surface area contributed by atoms with E-state index in [1.54, 1.807) is 7.11 Å². The van der Waals surface area contributed by atoms with Crippen LogP contribution in [0.25, 0.3) is 11.0 Å². The third-order valence-corrected chi connectivity index (χ3v) is 7.29.